The molecule has 0 aromatic heterocycles. The van der Waals surface area contributed by atoms with Crippen molar-refractivity contribution in [3.8, 4) is 5.75 Å². The molecule has 0 saturated heterocycles. The first-order valence-electron chi connectivity index (χ1n) is 6.12. The van der Waals surface area contributed by atoms with Crippen molar-refractivity contribution in [2.24, 2.45) is 5.73 Å². The molecule has 1 aromatic rings. The minimum Gasteiger partial charge on any atom is -0.496 e. The van der Waals surface area contributed by atoms with Crippen molar-refractivity contribution in [2.75, 3.05) is 14.2 Å². The molecule has 3 heteroatoms. The number of hydrogen-bond acceptors (Lipinski definition) is 3. The highest BCUT2D eigenvalue weighted by molar-refractivity contribution is 5.33. The average molecular weight is 236 g/mol. The fourth-order valence-corrected chi connectivity index (χ4v) is 1.98. The Kier molecular flexibility index (Phi) is 5.45. The van der Waals surface area contributed by atoms with Gasteiger partial charge in [-0.3, -0.25) is 4.90 Å². The van der Waals surface area contributed by atoms with Gasteiger partial charge in [0.1, 0.15) is 5.75 Å². The lowest BCUT2D eigenvalue weighted by Crippen LogP contribution is -2.33. The third kappa shape index (κ3) is 4.36. The maximum absolute atomic E-state index is 5.83. The maximum atomic E-state index is 5.83. The fraction of sp³-hybridized carbons (Fsp3) is 0.571. The summed E-state index contributed by atoms with van der Waals surface area (Å²) in [5, 5.41) is 0. The van der Waals surface area contributed by atoms with E-state index < -0.39 is 0 Å². The number of nitrogens with zero attached hydrogens (tertiary/aromatic N) is 1. The molecular formula is C14H24N2O. The van der Waals surface area contributed by atoms with E-state index in [1.807, 2.05) is 25.1 Å². The molecule has 0 bridgehead atoms. The minimum atomic E-state index is 0.241. The Morgan fingerprint density at radius 1 is 1.29 bits per heavy atom. The van der Waals surface area contributed by atoms with Crippen LogP contribution < -0.4 is 10.5 Å². The second-order valence-corrected chi connectivity index (χ2v) is 4.79. The second-order valence-electron chi connectivity index (χ2n) is 4.79. The SMILES string of the molecule is COc1ccccc1CN(C)C(C)CC(C)N. The molecule has 0 fully saturated rings. The molecule has 2 unspecified atom stereocenters. The summed E-state index contributed by atoms with van der Waals surface area (Å²) in [4.78, 5) is 2.31. The van der Waals surface area contributed by atoms with Gasteiger partial charge in [-0.15, -0.1) is 0 Å². The van der Waals surface area contributed by atoms with Gasteiger partial charge in [0.05, 0.1) is 7.11 Å². The van der Waals surface area contributed by atoms with E-state index >= 15 is 0 Å². The van der Waals surface area contributed by atoms with Crippen LogP contribution in [-0.2, 0) is 6.54 Å². The van der Waals surface area contributed by atoms with Gasteiger partial charge in [0.15, 0.2) is 0 Å². The Balaban J connectivity index is 2.63. The monoisotopic (exact) mass is 236 g/mol. The molecule has 0 radical (unpaired) electrons. The van der Waals surface area contributed by atoms with Crippen LogP contribution in [0.5, 0.6) is 5.75 Å². The number of nitrogens with two attached hydrogens (primary N) is 1. The first kappa shape index (κ1) is 14.0. The molecule has 0 heterocycles. The molecule has 0 aliphatic rings. The summed E-state index contributed by atoms with van der Waals surface area (Å²) in [6, 6.07) is 8.85. The van der Waals surface area contributed by atoms with E-state index in [-0.39, 0.29) is 6.04 Å². The molecule has 2 atom stereocenters. The Labute approximate surface area is 105 Å². The van der Waals surface area contributed by atoms with Gasteiger partial charge in [0, 0.05) is 24.2 Å². The van der Waals surface area contributed by atoms with E-state index in [0.717, 1.165) is 18.7 Å². The van der Waals surface area contributed by atoms with Crippen molar-refractivity contribution in [1.29, 1.82) is 0 Å². The van der Waals surface area contributed by atoms with Crippen LogP contribution in [0.1, 0.15) is 25.8 Å². The lowest BCUT2D eigenvalue weighted by molar-refractivity contribution is 0.227. The topological polar surface area (TPSA) is 38.5 Å². The van der Waals surface area contributed by atoms with Gasteiger partial charge in [-0.1, -0.05) is 18.2 Å². The molecule has 1 rings (SSSR count). The van der Waals surface area contributed by atoms with Crippen LogP contribution in [0.3, 0.4) is 0 Å². The van der Waals surface area contributed by atoms with Gasteiger partial charge in [0.25, 0.3) is 0 Å². The van der Waals surface area contributed by atoms with Gasteiger partial charge in [0.2, 0.25) is 0 Å². The molecule has 3 nitrogen and oxygen atoms in total. The van der Waals surface area contributed by atoms with Crippen LogP contribution in [0.15, 0.2) is 24.3 Å². The normalized spacial score (nSPS) is 14.7. The molecule has 0 saturated carbocycles. The summed E-state index contributed by atoms with van der Waals surface area (Å²) in [5.74, 6) is 0.951. The van der Waals surface area contributed by atoms with Gasteiger partial charge >= 0.3 is 0 Å². The molecule has 96 valence electrons. The molecular weight excluding hydrogens is 212 g/mol. The summed E-state index contributed by atoms with van der Waals surface area (Å²) in [6.45, 7) is 5.14. The highest BCUT2D eigenvalue weighted by Gasteiger charge is 2.13. The Morgan fingerprint density at radius 3 is 2.53 bits per heavy atom. The zero-order chi connectivity index (χ0) is 12.8. The van der Waals surface area contributed by atoms with Gasteiger partial charge in [-0.05, 0) is 33.4 Å². The minimum absolute atomic E-state index is 0.241. The van der Waals surface area contributed by atoms with E-state index in [1.165, 1.54) is 5.56 Å². The van der Waals surface area contributed by atoms with Crippen LogP contribution in [-0.4, -0.2) is 31.1 Å². The number of benzene rings is 1. The van der Waals surface area contributed by atoms with E-state index in [4.69, 9.17) is 10.5 Å². The predicted molar refractivity (Wildman–Crippen MR) is 72.2 cm³/mol. The van der Waals surface area contributed by atoms with Crippen LogP contribution in [0.4, 0.5) is 0 Å². The Bertz CT molecular complexity index is 339. The zero-order valence-corrected chi connectivity index (χ0v) is 11.3. The van der Waals surface area contributed by atoms with Crippen LogP contribution in [0, 0.1) is 0 Å². The van der Waals surface area contributed by atoms with E-state index in [2.05, 4.69) is 24.9 Å². The molecule has 0 aliphatic heterocycles. The molecule has 0 aliphatic carbocycles. The lowest BCUT2D eigenvalue weighted by atomic mass is 10.1. The van der Waals surface area contributed by atoms with Gasteiger partial charge in [-0.25, -0.2) is 0 Å². The molecule has 17 heavy (non-hydrogen) atoms. The molecule has 1 aromatic carbocycles. The summed E-state index contributed by atoms with van der Waals surface area (Å²) >= 11 is 0. The first-order chi connectivity index (χ1) is 8.04. The first-order valence-corrected chi connectivity index (χ1v) is 6.12. The van der Waals surface area contributed by atoms with Gasteiger partial charge < -0.3 is 10.5 Å². The summed E-state index contributed by atoms with van der Waals surface area (Å²) in [6.07, 6.45) is 1.01. The van der Waals surface area contributed by atoms with E-state index in [1.54, 1.807) is 7.11 Å². The van der Waals surface area contributed by atoms with Crippen LogP contribution in [0.2, 0.25) is 0 Å². The van der Waals surface area contributed by atoms with Crippen molar-refractivity contribution < 1.29 is 4.74 Å². The van der Waals surface area contributed by atoms with Crippen molar-refractivity contribution in [3.05, 3.63) is 29.8 Å². The van der Waals surface area contributed by atoms with Crippen molar-refractivity contribution >= 4 is 0 Å². The highest BCUT2D eigenvalue weighted by Crippen LogP contribution is 2.20. The van der Waals surface area contributed by atoms with Crippen LogP contribution in [0.25, 0.3) is 0 Å². The fourth-order valence-electron chi connectivity index (χ4n) is 1.98. The summed E-state index contributed by atoms with van der Waals surface area (Å²) < 4.78 is 5.36. The number of ether oxygens (including phenoxy) is 1. The molecule has 2 N–H and O–H groups in total. The van der Waals surface area contributed by atoms with E-state index in [9.17, 15) is 0 Å². The smallest absolute Gasteiger partial charge is 0.123 e. The number of methoxy groups -OCH3 is 1. The van der Waals surface area contributed by atoms with Crippen molar-refractivity contribution in [3.63, 3.8) is 0 Å². The Hall–Kier alpha value is -1.06. The summed E-state index contributed by atoms with van der Waals surface area (Å²) in [5.41, 5.74) is 7.05. The largest absolute Gasteiger partial charge is 0.496 e. The standard InChI is InChI=1S/C14H24N2O/c1-11(15)9-12(2)16(3)10-13-7-5-6-8-14(13)17-4/h5-8,11-12H,9-10,15H2,1-4H3. The predicted octanol–water partition coefficient (Wildman–Crippen LogP) is 2.25. The van der Waals surface area contributed by atoms with E-state index in [0.29, 0.717) is 6.04 Å². The Morgan fingerprint density at radius 2 is 1.94 bits per heavy atom. The quantitative estimate of drug-likeness (QED) is 0.823. The van der Waals surface area contributed by atoms with Gasteiger partial charge in [-0.2, -0.15) is 0 Å². The van der Waals surface area contributed by atoms with Crippen molar-refractivity contribution in [2.45, 2.75) is 38.9 Å². The third-order valence-electron chi connectivity index (χ3n) is 3.08. The second kappa shape index (κ2) is 6.62. The third-order valence-corrected chi connectivity index (χ3v) is 3.08. The highest BCUT2D eigenvalue weighted by atomic mass is 16.5. The van der Waals surface area contributed by atoms with Crippen LogP contribution >= 0.6 is 0 Å². The lowest BCUT2D eigenvalue weighted by Gasteiger charge is -2.26. The summed E-state index contributed by atoms with van der Waals surface area (Å²) in [7, 11) is 3.84. The number of rotatable bonds is 6. The zero-order valence-electron chi connectivity index (χ0n) is 11.3. The number of para-hydroxylation sites is 1. The molecule has 0 spiro atoms. The van der Waals surface area contributed by atoms with Crippen molar-refractivity contribution in [1.82, 2.24) is 4.90 Å². The maximum Gasteiger partial charge on any atom is 0.123 e. The average Bonchev–Trinajstić information content (AvgIpc) is 2.28. The number of hydrogen-bond donors (Lipinski definition) is 1. The molecule has 0 amide bonds.